The van der Waals surface area contributed by atoms with E-state index in [1.165, 1.54) is 24.2 Å². The van der Waals surface area contributed by atoms with Gasteiger partial charge in [-0.15, -0.1) is 11.3 Å². The van der Waals surface area contributed by atoms with Crippen molar-refractivity contribution in [1.29, 1.82) is 0 Å². The molecule has 9 heteroatoms. The summed E-state index contributed by atoms with van der Waals surface area (Å²) in [5.41, 5.74) is 0.978. The normalized spacial score (nSPS) is 23.9. The second-order valence-corrected chi connectivity index (χ2v) is 10.7. The topological polar surface area (TPSA) is 97.0 Å². The van der Waals surface area contributed by atoms with Gasteiger partial charge in [0.15, 0.2) is 0 Å². The zero-order valence-electron chi connectivity index (χ0n) is 19.8. The van der Waals surface area contributed by atoms with Gasteiger partial charge in [-0.1, -0.05) is 6.07 Å². The monoisotopic (exact) mass is 497 g/mol. The Morgan fingerprint density at radius 2 is 2.00 bits per heavy atom. The van der Waals surface area contributed by atoms with E-state index < -0.39 is 0 Å². The zero-order valence-corrected chi connectivity index (χ0v) is 20.6. The molecule has 2 fully saturated rings. The highest BCUT2D eigenvalue weighted by Gasteiger charge is 2.39. The minimum absolute atomic E-state index is 0.0237. The standard InChI is InChI=1S/C26H31N3O5S/c1-29-21-8-7-18(12-24(30)27-14-16-4-5-16)34-23(21)15-33-22-9-6-17(11-20(22)26(29)32)28-25(31)13-19-3-2-10-35-19/h2-3,6,9-11,16,18,21,23H,4-5,7-8,12-15H2,1H3,(H,27,30)(H,28,31)/t18-,21+,23-/m0/s1. The van der Waals surface area contributed by atoms with E-state index in [2.05, 4.69) is 10.6 Å². The lowest BCUT2D eigenvalue weighted by molar-refractivity contribution is -0.134. The SMILES string of the molecule is CN1C(=O)c2cc(NC(=O)Cc3cccs3)ccc2OC[C@@H]2O[C@H](CC(=O)NCC3CC3)CC[C@H]21. The van der Waals surface area contributed by atoms with Crippen LogP contribution in [0.4, 0.5) is 5.69 Å². The number of thiophene rings is 1. The van der Waals surface area contributed by atoms with Crippen LogP contribution in [0, 0.1) is 5.92 Å². The maximum Gasteiger partial charge on any atom is 0.257 e. The Labute approximate surface area is 209 Å². The summed E-state index contributed by atoms with van der Waals surface area (Å²) in [6.45, 7) is 1.05. The molecule has 186 valence electrons. The van der Waals surface area contributed by atoms with E-state index in [1.54, 1.807) is 30.1 Å². The van der Waals surface area contributed by atoms with Crippen LogP contribution in [0.2, 0.25) is 0 Å². The zero-order chi connectivity index (χ0) is 24.4. The molecule has 0 radical (unpaired) electrons. The van der Waals surface area contributed by atoms with Gasteiger partial charge in [0, 0.05) is 24.2 Å². The van der Waals surface area contributed by atoms with Crippen LogP contribution in [-0.4, -0.2) is 61.1 Å². The molecule has 1 saturated carbocycles. The number of amides is 3. The molecule has 3 aliphatic rings. The molecule has 1 aliphatic carbocycles. The third-order valence-electron chi connectivity index (χ3n) is 6.91. The quantitative estimate of drug-likeness (QED) is 0.612. The van der Waals surface area contributed by atoms with Crippen molar-refractivity contribution in [3.05, 3.63) is 46.2 Å². The number of benzene rings is 1. The number of carbonyl (C=O) groups excluding carboxylic acids is 3. The lowest BCUT2D eigenvalue weighted by Gasteiger charge is -2.42. The van der Waals surface area contributed by atoms with Crippen molar-refractivity contribution in [3.8, 4) is 5.75 Å². The van der Waals surface area contributed by atoms with Gasteiger partial charge in [-0.05, 0) is 61.2 Å². The fourth-order valence-electron chi connectivity index (χ4n) is 4.74. The summed E-state index contributed by atoms with van der Waals surface area (Å²) in [6, 6.07) is 8.83. The van der Waals surface area contributed by atoms with E-state index in [1.807, 2.05) is 17.5 Å². The molecule has 35 heavy (non-hydrogen) atoms. The molecule has 8 nitrogen and oxygen atoms in total. The Hall–Kier alpha value is -2.91. The highest BCUT2D eigenvalue weighted by atomic mass is 32.1. The first-order chi connectivity index (χ1) is 17.0. The number of nitrogens with zero attached hydrogens (tertiary/aromatic N) is 1. The van der Waals surface area contributed by atoms with Crippen molar-refractivity contribution in [2.45, 2.75) is 56.8 Å². The molecule has 2 aliphatic heterocycles. The average molecular weight is 498 g/mol. The molecule has 2 aromatic rings. The van der Waals surface area contributed by atoms with Crippen molar-refractivity contribution in [3.63, 3.8) is 0 Å². The summed E-state index contributed by atoms with van der Waals surface area (Å²) in [5.74, 6) is 0.824. The van der Waals surface area contributed by atoms with E-state index in [4.69, 9.17) is 9.47 Å². The first-order valence-corrected chi connectivity index (χ1v) is 13.1. The van der Waals surface area contributed by atoms with Crippen LogP contribution in [-0.2, 0) is 20.7 Å². The van der Waals surface area contributed by atoms with Crippen molar-refractivity contribution >= 4 is 34.7 Å². The second-order valence-electron chi connectivity index (χ2n) is 9.64. The Kier molecular flexibility index (Phi) is 7.06. The van der Waals surface area contributed by atoms with E-state index >= 15 is 0 Å². The lowest BCUT2D eigenvalue weighted by Crippen LogP contribution is -2.54. The van der Waals surface area contributed by atoms with Crippen LogP contribution in [0.1, 0.15) is 47.3 Å². The summed E-state index contributed by atoms with van der Waals surface area (Å²) in [6.07, 6.45) is 3.99. The van der Waals surface area contributed by atoms with Crippen LogP contribution < -0.4 is 15.4 Å². The highest BCUT2D eigenvalue weighted by molar-refractivity contribution is 7.10. The molecule has 0 unspecified atom stereocenters. The average Bonchev–Trinajstić information content (AvgIpc) is 3.54. The summed E-state index contributed by atoms with van der Waals surface area (Å²) >= 11 is 1.53. The first-order valence-electron chi connectivity index (χ1n) is 12.2. The van der Waals surface area contributed by atoms with Crippen LogP contribution in [0.3, 0.4) is 0 Å². The predicted octanol–water partition coefficient (Wildman–Crippen LogP) is 3.23. The minimum atomic E-state index is -0.308. The Morgan fingerprint density at radius 1 is 1.14 bits per heavy atom. The molecule has 2 N–H and O–H groups in total. The van der Waals surface area contributed by atoms with Crippen molar-refractivity contribution in [1.82, 2.24) is 10.2 Å². The van der Waals surface area contributed by atoms with Gasteiger partial charge < -0.3 is 25.0 Å². The summed E-state index contributed by atoms with van der Waals surface area (Å²) < 4.78 is 12.3. The number of hydrogen-bond donors (Lipinski definition) is 2. The van der Waals surface area contributed by atoms with E-state index in [9.17, 15) is 14.4 Å². The summed E-state index contributed by atoms with van der Waals surface area (Å²) in [5, 5.41) is 7.82. The van der Waals surface area contributed by atoms with Gasteiger partial charge in [0.05, 0.1) is 30.6 Å². The molecule has 3 atom stereocenters. The molecule has 5 rings (SSSR count). The third kappa shape index (κ3) is 5.85. The van der Waals surface area contributed by atoms with Crippen LogP contribution in [0.15, 0.2) is 35.7 Å². The first kappa shape index (κ1) is 23.8. The maximum absolute atomic E-state index is 13.4. The van der Waals surface area contributed by atoms with Crippen LogP contribution >= 0.6 is 11.3 Å². The molecule has 1 aromatic heterocycles. The lowest BCUT2D eigenvalue weighted by atomic mass is 9.94. The fraction of sp³-hybridized carbons (Fsp3) is 0.500. The molecular weight excluding hydrogens is 466 g/mol. The smallest absolute Gasteiger partial charge is 0.257 e. The molecule has 3 amide bonds. The molecule has 1 saturated heterocycles. The third-order valence-corrected chi connectivity index (χ3v) is 7.78. The van der Waals surface area contributed by atoms with Gasteiger partial charge in [0.25, 0.3) is 5.91 Å². The van der Waals surface area contributed by atoms with Crippen LogP contribution in [0.5, 0.6) is 5.75 Å². The number of likely N-dealkylation sites (N-methyl/N-ethyl adjacent to an activating group) is 1. The predicted molar refractivity (Wildman–Crippen MR) is 133 cm³/mol. The van der Waals surface area contributed by atoms with Gasteiger partial charge in [0.2, 0.25) is 11.8 Å². The molecule has 1 aromatic carbocycles. The number of ether oxygens (including phenoxy) is 2. The Bertz CT molecular complexity index is 1080. The Morgan fingerprint density at radius 3 is 2.77 bits per heavy atom. The second kappa shape index (κ2) is 10.4. The number of rotatable bonds is 7. The fourth-order valence-corrected chi connectivity index (χ4v) is 5.44. The molecule has 0 spiro atoms. The Balaban J connectivity index is 1.23. The number of carbonyl (C=O) groups is 3. The van der Waals surface area contributed by atoms with E-state index in [0.717, 1.165) is 17.8 Å². The van der Waals surface area contributed by atoms with Gasteiger partial charge >= 0.3 is 0 Å². The molecule has 0 bridgehead atoms. The van der Waals surface area contributed by atoms with Gasteiger partial charge in [0.1, 0.15) is 18.5 Å². The van der Waals surface area contributed by atoms with Crippen LogP contribution in [0.25, 0.3) is 0 Å². The van der Waals surface area contributed by atoms with Gasteiger partial charge in [-0.25, -0.2) is 0 Å². The van der Waals surface area contributed by atoms with E-state index in [0.29, 0.717) is 48.8 Å². The minimum Gasteiger partial charge on any atom is -0.490 e. The molecule has 3 heterocycles. The maximum atomic E-state index is 13.4. The van der Waals surface area contributed by atoms with Crippen molar-refractivity contribution in [2.24, 2.45) is 5.92 Å². The highest BCUT2D eigenvalue weighted by Crippen LogP contribution is 2.33. The number of nitrogens with one attached hydrogen (secondary N) is 2. The van der Waals surface area contributed by atoms with Gasteiger partial charge in [-0.2, -0.15) is 0 Å². The van der Waals surface area contributed by atoms with Crippen molar-refractivity contribution in [2.75, 3.05) is 25.5 Å². The van der Waals surface area contributed by atoms with Gasteiger partial charge in [-0.3, -0.25) is 14.4 Å². The summed E-state index contributed by atoms with van der Waals surface area (Å²) in [7, 11) is 1.78. The number of fused-ring (bicyclic) bond motifs is 2. The largest absolute Gasteiger partial charge is 0.490 e. The summed E-state index contributed by atoms with van der Waals surface area (Å²) in [4.78, 5) is 40.8. The van der Waals surface area contributed by atoms with Crippen molar-refractivity contribution < 1.29 is 23.9 Å². The van der Waals surface area contributed by atoms with E-state index in [-0.39, 0.29) is 36.0 Å². The molecular formula is C26H31N3O5S. The number of hydrogen-bond acceptors (Lipinski definition) is 6. The number of anilines is 1.